The first-order chi connectivity index (χ1) is 6.24. The zero-order chi connectivity index (χ0) is 9.68. The SMILES string of the molecule is CCCN(C)Cc1ncccc1Cl. The Kier molecular flexibility index (Phi) is 4.19. The predicted molar refractivity (Wildman–Crippen MR) is 55.9 cm³/mol. The minimum absolute atomic E-state index is 0.755. The van der Waals surface area contributed by atoms with Crippen molar-refractivity contribution in [2.45, 2.75) is 19.9 Å². The van der Waals surface area contributed by atoms with Gasteiger partial charge in [0.2, 0.25) is 0 Å². The van der Waals surface area contributed by atoms with Gasteiger partial charge in [0.25, 0.3) is 0 Å². The molecule has 3 heteroatoms. The highest BCUT2D eigenvalue weighted by Gasteiger charge is 2.03. The number of pyridine rings is 1. The minimum Gasteiger partial charge on any atom is -0.300 e. The van der Waals surface area contributed by atoms with Crippen LogP contribution in [0.1, 0.15) is 19.0 Å². The van der Waals surface area contributed by atoms with Gasteiger partial charge in [0.15, 0.2) is 0 Å². The normalized spacial score (nSPS) is 10.8. The Bertz CT molecular complexity index is 263. The van der Waals surface area contributed by atoms with E-state index < -0.39 is 0 Å². The number of halogens is 1. The second-order valence-corrected chi connectivity index (χ2v) is 3.58. The molecule has 72 valence electrons. The van der Waals surface area contributed by atoms with Gasteiger partial charge < -0.3 is 4.90 Å². The molecule has 1 rings (SSSR count). The topological polar surface area (TPSA) is 16.1 Å². The van der Waals surface area contributed by atoms with E-state index in [0.29, 0.717) is 0 Å². The maximum Gasteiger partial charge on any atom is 0.0729 e. The largest absolute Gasteiger partial charge is 0.300 e. The molecule has 13 heavy (non-hydrogen) atoms. The summed E-state index contributed by atoms with van der Waals surface area (Å²) in [7, 11) is 2.08. The Balaban J connectivity index is 2.58. The molecule has 1 heterocycles. The molecule has 0 N–H and O–H groups in total. The lowest BCUT2D eigenvalue weighted by Gasteiger charge is -2.15. The fourth-order valence-electron chi connectivity index (χ4n) is 1.25. The summed E-state index contributed by atoms with van der Waals surface area (Å²) in [5.41, 5.74) is 0.958. The van der Waals surface area contributed by atoms with Crippen LogP contribution in [0, 0.1) is 0 Å². The third-order valence-corrected chi connectivity index (χ3v) is 2.20. The molecule has 0 aliphatic carbocycles. The van der Waals surface area contributed by atoms with E-state index in [1.807, 2.05) is 12.1 Å². The molecular formula is C10H15ClN2. The lowest BCUT2D eigenvalue weighted by atomic mass is 10.3. The summed E-state index contributed by atoms with van der Waals surface area (Å²) in [6, 6.07) is 3.73. The minimum atomic E-state index is 0.755. The molecule has 0 aliphatic rings. The van der Waals surface area contributed by atoms with Gasteiger partial charge in [0.05, 0.1) is 10.7 Å². The van der Waals surface area contributed by atoms with Gasteiger partial charge in [-0.15, -0.1) is 0 Å². The second kappa shape index (κ2) is 5.20. The van der Waals surface area contributed by atoms with E-state index in [0.717, 1.165) is 30.2 Å². The molecule has 0 unspecified atom stereocenters. The van der Waals surface area contributed by atoms with E-state index in [1.54, 1.807) is 6.20 Å². The molecule has 1 aromatic rings. The quantitative estimate of drug-likeness (QED) is 0.740. The second-order valence-electron chi connectivity index (χ2n) is 3.17. The van der Waals surface area contributed by atoms with E-state index in [4.69, 9.17) is 11.6 Å². The fraction of sp³-hybridized carbons (Fsp3) is 0.500. The summed E-state index contributed by atoms with van der Waals surface area (Å²) < 4.78 is 0. The first-order valence-corrected chi connectivity index (χ1v) is 4.89. The van der Waals surface area contributed by atoms with Gasteiger partial charge in [-0.2, -0.15) is 0 Å². The van der Waals surface area contributed by atoms with Crippen LogP contribution >= 0.6 is 11.6 Å². The number of aromatic nitrogens is 1. The molecule has 0 aliphatic heterocycles. The Morgan fingerprint density at radius 3 is 2.92 bits per heavy atom. The Morgan fingerprint density at radius 1 is 1.54 bits per heavy atom. The van der Waals surface area contributed by atoms with Gasteiger partial charge in [0, 0.05) is 12.7 Å². The van der Waals surface area contributed by atoms with Crippen molar-refractivity contribution in [3.63, 3.8) is 0 Å². The van der Waals surface area contributed by atoms with E-state index in [2.05, 4.69) is 23.9 Å². The van der Waals surface area contributed by atoms with Crippen molar-refractivity contribution >= 4 is 11.6 Å². The maximum absolute atomic E-state index is 5.98. The lowest BCUT2D eigenvalue weighted by molar-refractivity contribution is 0.323. The molecule has 0 spiro atoms. The van der Waals surface area contributed by atoms with Crippen LogP contribution in [0.15, 0.2) is 18.3 Å². The first kappa shape index (κ1) is 10.5. The van der Waals surface area contributed by atoms with E-state index in [-0.39, 0.29) is 0 Å². The van der Waals surface area contributed by atoms with E-state index >= 15 is 0 Å². The Labute approximate surface area is 84.5 Å². The maximum atomic E-state index is 5.98. The molecule has 0 amide bonds. The van der Waals surface area contributed by atoms with Gasteiger partial charge >= 0.3 is 0 Å². The molecule has 0 saturated heterocycles. The fourth-order valence-corrected chi connectivity index (χ4v) is 1.43. The van der Waals surface area contributed by atoms with Crippen LogP contribution in [0.4, 0.5) is 0 Å². The smallest absolute Gasteiger partial charge is 0.0729 e. The lowest BCUT2D eigenvalue weighted by Crippen LogP contribution is -2.19. The summed E-state index contributed by atoms with van der Waals surface area (Å²) in [6.07, 6.45) is 2.93. The van der Waals surface area contributed by atoms with Gasteiger partial charge in [0.1, 0.15) is 0 Å². The summed E-state index contributed by atoms with van der Waals surface area (Å²) in [5.74, 6) is 0. The van der Waals surface area contributed by atoms with Crippen LogP contribution in [0.3, 0.4) is 0 Å². The van der Waals surface area contributed by atoms with Gasteiger partial charge in [-0.1, -0.05) is 18.5 Å². The van der Waals surface area contributed by atoms with E-state index in [1.165, 1.54) is 0 Å². The van der Waals surface area contributed by atoms with Crippen molar-refractivity contribution in [2.75, 3.05) is 13.6 Å². The van der Waals surface area contributed by atoms with Crippen LogP contribution in [0.2, 0.25) is 5.02 Å². The standard InChI is InChI=1S/C10H15ClN2/c1-3-7-13(2)8-10-9(11)5-4-6-12-10/h4-6H,3,7-8H2,1-2H3. The summed E-state index contributed by atoms with van der Waals surface area (Å²) in [5, 5.41) is 0.755. The molecule has 0 aromatic carbocycles. The monoisotopic (exact) mass is 198 g/mol. The zero-order valence-corrected chi connectivity index (χ0v) is 8.88. The average molecular weight is 199 g/mol. The van der Waals surface area contributed by atoms with Crippen LogP contribution in [0.5, 0.6) is 0 Å². The van der Waals surface area contributed by atoms with Crippen molar-refractivity contribution in [2.24, 2.45) is 0 Å². The van der Waals surface area contributed by atoms with Crippen molar-refractivity contribution in [3.05, 3.63) is 29.0 Å². The van der Waals surface area contributed by atoms with Crippen LogP contribution < -0.4 is 0 Å². The van der Waals surface area contributed by atoms with Crippen molar-refractivity contribution < 1.29 is 0 Å². The molecule has 2 nitrogen and oxygen atoms in total. The molecule has 0 radical (unpaired) electrons. The molecule has 0 fully saturated rings. The molecule has 0 bridgehead atoms. The van der Waals surface area contributed by atoms with E-state index in [9.17, 15) is 0 Å². The highest BCUT2D eigenvalue weighted by atomic mass is 35.5. The zero-order valence-electron chi connectivity index (χ0n) is 8.13. The summed E-state index contributed by atoms with van der Waals surface area (Å²) in [4.78, 5) is 6.44. The van der Waals surface area contributed by atoms with Crippen molar-refractivity contribution in [1.82, 2.24) is 9.88 Å². The van der Waals surface area contributed by atoms with Crippen LogP contribution in [-0.2, 0) is 6.54 Å². The third kappa shape index (κ3) is 3.33. The van der Waals surface area contributed by atoms with Gasteiger partial charge in [-0.25, -0.2) is 0 Å². The average Bonchev–Trinajstić information content (AvgIpc) is 2.09. The number of rotatable bonds is 4. The van der Waals surface area contributed by atoms with Gasteiger partial charge in [-0.3, -0.25) is 4.98 Å². The number of nitrogens with zero attached hydrogens (tertiary/aromatic N) is 2. The highest BCUT2D eigenvalue weighted by molar-refractivity contribution is 6.31. The molecule has 1 aromatic heterocycles. The molecular weight excluding hydrogens is 184 g/mol. The number of hydrogen-bond acceptors (Lipinski definition) is 2. The highest BCUT2D eigenvalue weighted by Crippen LogP contribution is 2.13. The van der Waals surface area contributed by atoms with Crippen molar-refractivity contribution in [3.8, 4) is 0 Å². The Hall–Kier alpha value is -0.600. The van der Waals surface area contributed by atoms with Crippen LogP contribution in [0.25, 0.3) is 0 Å². The summed E-state index contributed by atoms with van der Waals surface area (Å²) in [6.45, 7) is 4.07. The molecule has 0 saturated carbocycles. The Morgan fingerprint density at radius 2 is 2.31 bits per heavy atom. The van der Waals surface area contributed by atoms with Crippen molar-refractivity contribution in [1.29, 1.82) is 0 Å². The number of hydrogen-bond donors (Lipinski definition) is 0. The van der Waals surface area contributed by atoms with Crippen LogP contribution in [-0.4, -0.2) is 23.5 Å². The summed E-state index contributed by atoms with van der Waals surface area (Å²) >= 11 is 5.98. The first-order valence-electron chi connectivity index (χ1n) is 4.52. The van der Waals surface area contributed by atoms with Gasteiger partial charge in [-0.05, 0) is 32.1 Å². The predicted octanol–water partition coefficient (Wildman–Crippen LogP) is 2.58. The molecule has 0 atom stereocenters. The third-order valence-electron chi connectivity index (χ3n) is 1.86.